The van der Waals surface area contributed by atoms with Gasteiger partial charge in [-0.2, -0.15) is 0 Å². The van der Waals surface area contributed by atoms with Crippen molar-refractivity contribution in [3.8, 4) is 5.88 Å². The second-order valence-corrected chi connectivity index (χ2v) is 4.29. The van der Waals surface area contributed by atoms with Crippen LogP contribution in [0.3, 0.4) is 0 Å². The molecular weight excluding hydrogens is 218 g/mol. The minimum atomic E-state index is -0.0349. The summed E-state index contributed by atoms with van der Waals surface area (Å²) in [7, 11) is 1.53. The van der Waals surface area contributed by atoms with E-state index in [1.165, 1.54) is 25.9 Å². The molecule has 1 atom stereocenters. The SMILES string of the molecule is COc1cnc(C(=O)N2CCCC[C@@H]2C)cn1. The molecule has 0 radical (unpaired) electrons. The number of nitrogens with zero attached hydrogens (tertiary/aromatic N) is 3. The topological polar surface area (TPSA) is 55.3 Å². The lowest BCUT2D eigenvalue weighted by Gasteiger charge is -2.33. The summed E-state index contributed by atoms with van der Waals surface area (Å²) >= 11 is 0. The molecule has 0 spiro atoms. The molecule has 0 aromatic carbocycles. The second kappa shape index (κ2) is 5.12. The summed E-state index contributed by atoms with van der Waals surface area (Å²) in [5.41, 5.74) is 0.388. The first-order valence-corrected chi connectivity index (χ1v) is 5.89. The summed E-state index contributed by atoms with van der Waals surface area (Å²) in [5.74, 6) is 0.389. The number of hydrogen-bond donors (Lipinski definition) is 0. The summed E-state index contributed by atoms with van der Waals surface area (Å²) in [6, 6.07) is 0.292. The van der Waals surface area contributed by atoms with E-state index in [1.807, 2.05) is 4.90 Å². The van der Waals surface area contributed by atoms with Crippen LogP contribution in [0.4, 0.5) is 0 Å². The van der Waals surface area contributed by atoms with Gasteiger partial charge in [0.05, 0.1) is 19.5 Å². The third-order valence-corrected chi connectivity index (χ3v) is 3.12. The van der Waals surface area contributed by atoms with Crippen LogP contribution < -0.4 is 4.74 Å². The van der Waals surface area contributed by atoms with Crippen molar-refractivity contribution in [2.24, 2.45) is 0 Å². The first-order chi connectivity index (χ1) is 8.22. The lowest BCUT2D eigenvalue weighted by molar-refractivity contribution is 0.0629. The fourth-order valence-electron chi connectivity index (χ4n) is 2.08. The highest BCUT2D eigenvalue weighted by molar-refractivity contribution is 5.92. The number of aromatic nitrogens is 2. The molecule has 0 aliphatic carbocycles. The normalized spacial score (nSPS) is 20.1. The maximum atomic E-state index is 12.2. The van der Waals surface area contributed by atoms with Crippen LogP contribution >= 0.6 is 0 Å². The molecule has 0 saturated carbocycles. The Morgan fingerprint density at radius 2 is 2.24 bits per heavy atom. The molecule has 1 fully saturated rings. The number of hydrogen-bond acceptors (Lipinski definition) is 4. The number of amides is 1. The molecule has 1 aliphatic rings. The van der Waals surface area contributed by atoms with Gasteiger partial charge in [0, 0.05) is 12.6 Å². The summed E-state index contributed by atoms with van der Waals surface area (Å²) in [6.07, 6.45) is 6.28. The van der Waals surface area contributed by atoms with E-state index in [0.717, 1.165) is 19.4 Å². The molecule has 0 N–H and O–H groups in total. The third-order valence-electron chi connectivity index (χ3n) is 3.12. The van der Waals surface area contributed by atoms with E-state index in [-0.39, 0.29) is 5.91 Å². The van der Waals surface area contributed by atoms with Gasteiger partial charge in [0.15, 0.2) is 0 Å². The second-order valence-electron chi connectivity index (χ2n) is 4.29. The lowest BCUT2D eigenvalue weighted by atomic mass is 10.0. The van der Waals surface area contributed by atoms with Crippen molar-refractivity contribution in [1.29, 1.82) is 0 Å². The summed E-state index contributed by atoms with van der Waals surface area (Å²) in [4.78, 5) is 22.2. The molecule has 1 amide bonds. The van der Waals surface area contributed by atoms with Crippen LogP contribution in [0.25, 0.3) is 0 Å². The van der Waals surface area contributed by atoms with Gasteiger partial charge in [0.1, 0.15) is 5.69 Å². The van der Waals surface area contributed by atoms with E-state index in [9.17, 15) is 4.79 Å². The lowest BCUT2D eigenvalue weighted by Crippen LogP contribution is -2.42. The molecule has 2 rings (SSSR count). The Balaban J connectivity index is 2.12. The van der Waals surface area contributed by atoms with Crippen molar-refractivity contribution in [1.82, 2.24) is 14.9 Å². The summed E-state index contributed by atoms with van der Waals surface area (Å²) in [6.45, 7) is 2.89. The molecule has 5 nitrogen and oxygen atoms in total. The predicted octanol–water partition coefficient (Wildman–Crippen LogP) is 1.50. The zero-order chi connectivity index (χ0) is 12.3. The quantitative estimate of drug-likeness (QED) is 0.779. The monoisotopic (exact) mass is 235 g/mol. The molecule has 1 aromatic rings. The first kappa shape index (κ1) is 11.8. The molecule has 0 bridgehead atoms. The summed E-state index contributed by atoms with van der Waals surface area (Å²) in [5, 5.41) is 0. The van der Waals surface area contributed by atoms with Gasteiger partial charge in [0.25, 0.3) is 5.91 Å². The minimum Gasteiger partial charge on any atom is -0.480 e. The maximum Gasteiger partial charge on any atom is 0.274 e. The number of ether oxygens (including phenoxy) is 1. The van der Waals surface area contributed by atoms with E-state index in [0.29, 0.717) is 17.6 Å². The van der Waals surface area contributed by atoms with Crippen molar-refractivity contribution >= 4 is 5.91 Å². The molecule has 92 valence electrons. The number of piperidine rings is 1. The van der Waals surface area contributed by atoms with Gasteiger partial charge >= 0.3 is 0 Å². The van der Waals surface area contributed by atoms with Crippen LogP contribution in [0.15, 0.2) is 12.4 Å². The standard InChI is InChI=1S/C12H17N3O2/c1-9-5-3-4-6-15(9)12(16)10-7-14-11(17-2)8-13-10/h7-9H,3-6H2,1-2H3/t9-/m0/s1. The molecule has 17 heavy (non-hydrogen) atoms. The Bertz CT molecular complexity index is 391. The van der Waals surface area contributed by atoms with Crippen molar-refractivity contribution < 1.29 is 9.53 Å². The number of likely N-dealkylation sites (tertiary alicyclic amines) is 1. The van der Waals surface area contributed by atoms with E-state index in [1.54, 1.807) is 0 Å². The van der Waals surface area contributed by atoms with E-state index in [4.69, 9.17) is 4.74 Å². The maximum absolute atomic E-state index is 12.2. The van der Waals surface area contributed by atoms with E-state index in [2.05, 4.69) is 16.9 Å². The van der Waals surface area contributed by atoms with Gasteiger partial charge < -0.3 is 9.64 Å². The van der Waals surface area contributed by atoms with E-state index >= 15 is 0 Å². The van der Waals surface area contributed by atoms with Crippen LogP contribution in [-0.4, -0.2) is 40.5 Å². The Labute approximate surface area is 101 Å². The number of rotatable bonds is 2. The molecule has 1 aliphatic heterocycles. The van der Waals surface area contributed by atoms with E-state index < -0.39 is 0 Å². The molecule has 0 unspecified atom stereocenters. The Morgan fingerprint density at radius 1 is 1.41 bits per heavy atom. The minimum absolute atomic E-state index is 0.0349. The zero-order valence-corrected chi connectivity index (χ0v) is 10.2. The average Bonchev–Trinajstić information content (AvgIpc) is 2.39. The molecule has 1 aromatic heterocycles. The van der Waals surface area contributed by atoms with Crippen LogP contribution in [0, 0.1) is 0 Å². The predicted molar refractivity (Wildman–Crippen MR) is 62.9 cm³/mol. The fourth-order valence-corrected chi connectivity index (χ4v) is 2.08. The Hall–Kier alpha value is -1.65. The molecular formula is C12H17N3O2. The first-order valence-electron chi connectivity index (χ1n) is 5.89. The zero-order valence-electron chi connectivity index (χ0n) is 10.2. The van der Waals surface area contributed by atoms with Crippen LogP contribution in [-0.2, 0) is 0 Å². The van der Waals surface area contributed by atoms with Crippen molar-refractivity contribution in [2.75, 3.05) is 13.7 Å². The average molecular weight is 235 g/mol. The molecule has 2 heterocycles. The van der Waals surface area contributed by atoms with Gasteiger partial charge in [-0.1, -0.05) is 0 Å². The highest BCUT2D eigenvalue weighted by Crippen LogP contribution is 2.18. The largest absolute Gasteiger partial charge is 0.480 e. The van der Waals surface area contributed by atoms with Crippen LogP contribution in [0.1, 0.15) is 36.7 Å². The van der Waals surface area contributed by atoms with Gasteiger partial charge in [-0.15, -0.1) is 0 Å². The number of carbonyl (C=O) groups is 1. The molecule has 5 heteroatoms. The smallest absolute Gasteiger partial charge is 0.274 e. The van der Waals surface area contributed by atoms with Gasteiger partial charge in [-0.25, -0.2) is 9.97 Å². The summed E-state index contributed by atoms with van der Waals surface area (Å²) < 4.78 is 4.92. The Kier molecular flexibility index (Phi) is 3.56. The van der Waals surface area contributed by atoms with Gasteiger partial charge in [-0.3, -0.25) is 4.79 Å². The molecule has 1 saturated heterocycles. The Morgan fingerprint density at radius 3 is 2.82 bits per heavy atom. The highest BCUT2D eigenvalue weighted by Gasteiger charge is 2.25. The fraction of sp³-hybridized carbons (Fsp3) is 0.583. The van der Waals surface area contributed by atoms with Crippen molar-refractivity contribution in [2.45, 2.75) is 32.2 Å². The van der Waals surface area contributed by atoms with Gasteiger partial charge in [-0.05, 0) is 26.2 Å². The highest BCUT2D eigenvalue weighted by atomic mass is 16.5. The third kappa shape index (κ3) is 2.54. The van der Waals surface area contributed by atoms with Crippen LogP contribution in [0.5, 0.6) is 5.88 Å². The van der Waals surface area contributed by atoms with Crippen molar-refractivity contribution in [3.05, 3.63) is 18.1 Å². The van der Waals surface area contributed by atoms with Gasteiger partial charge in [0.2, 0.25) is 5.88 Å². The number of methoxy groups -OCH3 is 1. The van der Waals surface area contributed by atoms with Crippen LogP contribution in [0.2, 0.25) is 0 Å². The number of carbonyl (C=O) groups excluding carboxylic acids is 1. The van der Waals surface area contributed by atoms with Crippen molar-refractivity contribution in [3.63, 3.8) is 0 Å².